The molecule has 8 nitrogen and oxygen atoms in total. The Labute approximate surface area is 203 Å². The molecule has 0 heterocycles. The Morgan fingerprint density at radius 2 is 1.85 bits per heavy atom. The number of fused-ring (bicyclic) bond motifs is 3. The Bertz CT molecular complexity index is 1160. The van der Waals surface area contributed by atoms with E-state index in [-0.39, 0.29) is 35.4 Å². The number of amides is 1. The normalized spacial score (nSPS) is 14.5. The van der Waals surface area contributed by atoms with Crippen LogP contribution in [-0.4, -0.2) is 57.9 Å². The van der Waals surface area contributed by atoms with Gasteiger partial charge < -0.3 is 19.5 Å². The average Bonchev–Trinajstić information content (AvgIpc) is 3.00. The van der Waals surface area contributed by atoms with E-state index in [2.05, 4.69) is 5.32 Å². The van der Waals surface area contributed by atoms with Crippen molar-refractivity contribution in [1.82, 2.24) is 10.2 Å². The minimum Gasteiger partial charge on any atom is -0.492 e. The van der Waals surface area contributed by atoms with Crippen LogP contribution in [0.1, 0.15) is 30.5 Å². The lowest BCUT2D eigenvalue weighted by molar-refractivity contribution is -0.135. The number of hydrogen-bond acceptors (Lipinski definition) is 8. The molecule has 0 bridgehead atoms. The largest absolute Gasteiger partial charge is 0.492 e. The van der Waals surface area contributed by atoms with Gasteiger partial charge in [-0.05, 0) is 68.1 Å². The fraction of sp³-hybridized carbons (Fsp3) is 0.400. The summed E-state index contributed by atoms with van der Waals surface area (Å²) >= 11 is 1.36. The second-order valence-electron chi connectivity index (χ2n) is 8.26. The molecule has 0 aliphatic heterocycles. The Hall–Kier alpha value is -3.04. The molecule has 1 aliphatic rings. The SMILES string of the molecule is COc1c(OC(=O)CN(C)C)cc2c(c1OC)-c1ccc(SC)c(=O)cc1[C@@H](NC(C)=O)CC2. The quantitative estimate of drug-likeness (QED) is 0.363. The number of ether oxygens (including phenoxy) is 3. The number of hydrogen-bond donors (Lipinski definition) is 1. The number of thioether (sulfide) groups is 1. The molecule has 0 saturated carbocycles. The number of nitrogens with zero attached hydrogens (tertiary/aromatic N) is 1. The topological polar surface area (TPSA) is 94.2 Å². The van der Waals surface area contributed by atoms with Crippen molar-refractivity contribution in [3.63, 3.8) is 0 Å². The number of likely N-dealkylation sites (N-methyl/N-ethyl adjacent to an activating group) is 1. The van der Waals surface area contributed by atoms with E-state index in [9.17, 15) is 14.4 Å². The van der Waals surface area contributed by atoms with Gasteiger partial charge in [-0.15, -0.1) is 11.8 Å². The Balaban J connectivity index is 2.30. The van der Waals surface area contributed by atoms with Crippen LogP contribution in [0.3, 0.4) is 0 Å². The zero-order valence-corrected chi connectivity index (χ0v) is 21.1. The number of carbonyl (C=O) groups is 2. The summed E-state index contributed by atoms with van der Waals surface area (Å²) < 4.78 is 17.1. The zero-order chi connectivity index (χ0) is 25.0. The van der Waals surface area contributed by atoms with Gasteiger partial charge in [0.05, 0.1) is 31.7 Å². The highest BCUT2D eigenvalue weighted by atomic mass is 32.2. The molecule has 1 atom stereocenters. The van der Waals surface area contributed by atoms with E-state index < -0.39 is 5.97 Å². The van der Waals surface area contributed by atoms with Crippen LogP contribution in [0, 0.1) is 0 Å². The smallest absolute Gasteiger partial charge is 0.325 e. The van der Waals surface area contributed by atoms with Crippen LogP contribution in [0.5, 0.6) is 17.2 Å². The van der Waals surface area contributed by atoms with Gasteiger partial charge in [0.15, 0.2) is 16.9 Å². The van der Waals surface area contributed by atoms with Crippen molar-refractivity contribution in [2.45, 2.75) is 30.7 Å². The van der Waals surface area contributed by atoms with Crippen molar-refractivity contribution >= 4 is 23.6 Å². The van der Waals surface area contributed by atoms with Gasteiger partial charge in [-0.1, -0.05) is 6.07 Å². The van der Waals surface area contributed by atoms with Crippen LogP contribution in [0.4, 0.5) is 0 Å². The third-order valence-electron chi connectivity index (χ3n) is 5.55. The minimum atomic E-state index is -0.428. The first-order chi connectivity index (χ1) is 16.2. The van der Waals surface area contributed by atoms with Gasteiger partial charge >= 0.3 is 5.97 Å². The fourth-order valence-corrected chi connectivity index (χ4v) is 4.66. The molecule has 2 aromatic rings. The molecule has 3 rings (SSSR count). The van der Waals surface area contributed by atoms with Crippen molar-refractivity contribution in [2.75, 3.05) is 41.1 Å². The first-order valence-corrected chi connectivity index (χ1v) is 12.1. The summed E-state index contributed by atoms with van der Waals surface area (Å²) in [5.74, 6) is 0.341. The van der Waals surface area contributed by atoms with Crippen LogP contribution >= 0.6 is 11.8 Å². The maximum absolute atomic E-state index is 12.9. The molecule has 0 unspecified atom stereocenters. The highest BCUT2D eigenvalue weighted by molar-refractivity contribution is 7.98. The molecule has 1 aliphatic carbocycles. The van der Waals surface area contributed by atoms with Crippen LogP contribution < -0.4 is 25.0 Å². The number of nitrogens with one attached hydrogen (secondary N) is 1. The van der Waals surface area contributed by atoms with E-state index >= 15 is 0 Å². The summed E-state index contributed by atoms with van der Waals surface area (Å²) in [5, 5.41) is 2.98. The number of benzene rings is 1. The second kappa shape index (κ2) is 10.9. The minimum absolute atomic E-state index is 0.107. The van der Waals surface area contributed by atoms with E-state index in [0.29, 0.717) is 29.1 Å². The van der Waals surface area contributed by atoms with Crippen molar-refractivity contribution in [3.05, 3.63) is 45.6 Å². The van der Waals surface area contributed by atoms with E-state index in [0.717, 1.165) is 16.7 Å². The number of methoxy groups -OCH3 is 2. The van der Waals surface area contributed by atoms with Gasteiger partial charge in [-0.2, -0.15) is 0 Å². The zero-order valence-electron chi connectivity index (χ0n) is 20.3. The highest BCUT2D eigenvalue weighted by Gasteiger charge is 2.30. The maximum Gasteiger partial charge on any atom is 0.325 e. The second-order valence-corrected chi connectivity index (χ2v) is 9.11. The average molecular weight is 487 g/mol. The molecule has 0 spiro atoms. The van der Waals surface area contributed by atoms with Crippen molar-refractivity contribution in [2.24, 2.45) is 0 Å². The molecule has 0 aromatic heterocycles. The molecule has 1 amide bonds. The molecule has 0 radical (unpaired) electrons. The third-order valence-corrected chi connectivity index (χ3v) is 6.32. The summed E-state index contributed by atoms with van der Waals surface area (Å²) in [6.07, 6.45) is 2.96. The van der Waals surface area contributed by atoms with Crippen molar-refractivity contribution in [3.8, 4) is 28.4 Å². The van der Waals surface area contributed by atoms with E-state index in [1.807, 2.05) is 12.3 Å². The van der Waals surface area contributed by atoms with Gasteiger partial charge in [-0.25, -0.2) is 0 Å². The molecular weight excluding hydrogens is 456 g/mol. The van der Waals surface area contributed by atoms with Gasteiger partial charge in [-0.3, -0.25) is 19.3 Å². The summed E-state index contributed by atoms with van der Waals surface area (Å²) in [6.45, 7) is 1.56. The molecule has 0 fully saturated rings. The van der Waals surface area contributed by atoms with E-state index in [1.165, 1.54) is 32.9 Å². The van der Waals surface area contributed by atoms with Crippen molar-refractivity contribution in [1.29, 1.82) is 0 Å². The maximum atomic E-state index is 12.9. The lowest BCUT2D eigenvalue weighted by Crippen LogP contribution is -2.26. The van der Waals surface area contributed by atoms with Gasteiger partial charge in [0.2, 0.25) is 11.7 Å². The highest BCUT2D eigenvalue weighted by Crippen LogP contribution is 2.50. The van der Waals surface area contributed by atoms with Gasteiger partial charge in [0, 0.05) is 12.5 Å². The first-order valence-electron chi connectivity index (χ1n) is 10.8. The predicted octanol–water partition coefficient (Wildman–Crippen LogP) is 3.04. The van der Waals surface area contributed by atoms with E-state index in [1.54, 1.807) is 37.2 Å². The lowest BCUT2D eigenvalue weighted by atomic mass is 9.95. The van der Waals surface area contributed by atoms with Crippen LogP contribution in [0.2, 0.25) is 0 Å². The third kappa shape index (κ3) is 5.37. The number of rotatable bonds is 7. The molecule has 1 N–H and O–H groups in total. The monoisotopic (exact) mass is 486 g/mol. The standard InChI is InChI=1S/C25H30N2O6S/c1-14(28)26-18-9-7-15-11-20(33-22(30)13-27(2)3)24(31-4)25(32-5)23(15)16-8-10-21(34-6)19(29)12-17(16)18/h8,10-12,18H,7,9,13H2,1-6H3,(H,26,28)/t18-/m0/s1. The number of aryl methyl sites for hydroxylation is 1. The molecular formula is C25H30N2O6S. The molecule has 2 aromatic carbocycles. The summed E-state index contributed by atoms with van der Waals surface area (Å²) in [4.78, 5) is 39.6. The summed E-state index contributed by atoms with van der Waals surface area (Å²) in [7, 11) is 6.57. The molecule has 0 saturated heterocycles. The number of esters is 1. The van der Waals surface area contributed by atoms with Crippen LogP contribution in [0.15, 0.2) is 34.0 Å². The molecule has 182 valence electrons. The Morgan fingerprint density at radius 3 is 2.44 bits per heavy atom. The first kappa shape index (κ1) is 25.6. The lowest BCUT2D eigenvalue weighted by Gasteiger charge is -2.20. The van der Waals surface area contributed by atoms with Crippen LogP contribution in [-0.2, 0) is 16.0 Å². The number of carbonyl (C=O) groups excluding carboxylic acids is 2. The fourth-order valence-electron chi connectivity index (χ4n) is 4.20. The van der Waals surface area contributed by atoms with Gasteiger partial charge in [0.25, 0.3) is 0 Å². The molecule has 9 heteroatoms. The predicted molar refractivity (Wildman–Crippen MR) is 132 cm³/mol. The van der Waals surface area contributed by atoms with Gasteiger partial charge in [0.1, 0.15) is 0 Å². The Kier molecular flexibility index (Phi) is 8.22. The van der Waals surface area contributed by atoms with Crippen LogP contribution in [0.25, 0.3) is 11.1 Å². The summed E-state index contributed by atoms with van der Waals surface area (Å²) in [6, 6.07) is 6.66. The molecule has 34 heavy (non-hydrogen) atoms. The van der Waals surface area contributed by atoms with Crippen molar-refractivity contribution < 1.29 is 23.8 Å². The van der Waals surface area contributed by atoms with E-state index in [4.69, 9.17) is 14.2 Å². The summed E-state index contributed by atoms with van der Waals surface area (Å²) in [5.41, 5.74) is 2.95. The Morgan fingerprint density at radius 1 is 1.15 bits per heavy atom.